The summed E-state index contributed by atoms with van der Waals surface area (Å²) in [6, 6.07) is 15.3. The molecule has 4 N–H and O–H groups in total. The number of carboxylic acid groups (broad SMARTS) is 1. The van der Waals surface area contributed by atoms with E-state index in [1.165, 1.54) is 11.1 Å². The van der Waals surface area contributed by atoms with Crippen molar-refractivity contribution in [3.63, 3.8) is 0 Å². The van der Waals surface area contributed by atoms with Gasteiger partial charge in [0.1, 0.15) is 11.5 Å². The predicted octanol–water partition coefficient (Wildman–Crippen LogP) is 4.34. The Hall–Kier alpha value is -3.46. The second-order valence-corrected chi connectivity index (χ2v) is 9.76. The van der Waals surface area contributed by atoms with Crippen LogP contribution in [0.3, 0.4) is 0 Å². The minimum absolute atomic E-state index is 0.182. The smallest absolute Gasteiger partial charge is 0.335 e. The molecule has 2 aromatic carbocycles. The first-order valence-electron chi connectivity index (χ1n) is 12.9. The molecule has 1 aliphatic carbocycles. The number of pyridine rings is 1. The van der Waals surface area contributed by atoms with Crippen molar-refractivity contribution in [2.75, 3.05) is 25.1 Å². The van der Waals surface area contributed by atoms with E-state index in [0.29, 0.717) is 31.3 Å². The van der Waals surface area contributed by atoms with Crippen LogP contribution in [-0.2, 0) is 17.6 Å². The van der Waals surface area contributed by atoms with Gasteiger partial charge < -0.3 is 30.3 Å². The molecule has 5 rings (SSSR count). The topological polar surface area (TPSA) is 113 Å². The molecule has 3 aromatic rings. The fourth-order valence-electron chi connectivity index (χ4n) is 5.02. The number of aryl methyl sites for hydroxylation is 1. The van der Waals surface area contributed by atoms with E-state index in [-0.39, 0.29) is 17.6 Å². The van der Waals surface area contributed by atoms with E-state index in [0.717, 1.165) is 43.4 Å². The summed E-state index contributed by atoms with van der Waals surface area (Å²) >= 11 is 0. The average Bonchev–Trinajstić information content (AvgIpc) is 2.92. The van der Waals surface area contributed by atoms with Gasteiger partial charge in [0.15, 0.2) is 0 Å². The second-order valence-electron chi connectivity index (χ2n) is 9.76. The molecule has 1 fully saturated rings. The number of nitrogens with zero attached hydrogens (tertiary/aromatic N) is 1. The van der Waals surface area contributed by atoms with Gasteiger partial charge in [-0.2, -0.15) is 0 Å². The third-order valence-electron chi connectivity index (χ3n) is 7.06. The number of aromatic carboxylic acids is 1. The molecule has 0 unspecified atom stereocenters. The molecule has 37 heavy (non-hydrogen) atoms. The van der Waals surface area contributed by atoms with Gasteiger partial charge >= 0.3 is 5.97 Å². The van der Waals surface area contributed by atoms with E-state index in [4.69, 9.17) is 9.47 Å². The van der Waals surface area contributed by atoms with Gasteiger partial charge in [0.05, 0.1) is 11.7 Å². The Balaban J connectivity index is 1.25. The lowest BCUT2D eigenvalue weighted by Gasteiger charge is -2.27. The molecule has 0 spiro atoms. The SMILES string of the molecule is O=C(O)c1cc(NC2CCOCC2)cc(Oc2ccc3c(c2)C[C@@H](NC[C@@H](O)c2cccnc2)CC3)c1. The second kappa shape index (κ2) is 11.7. The number of benzene rings is 2. The Morgan fingerprint density at radius 1 is 1.05 bits per heavy atom. The summed E-state index contributed by atoms with van der Waals surface area (Å²) in [7, 11) is 0. The summed E-state index contributed by atoms with van der Waals surface area (Å²) in [6.45, 7) is 1.87. The number of aliphatic hydroxyl groups excluding tert-OH is 1. The Kier molecular flexibility index (Phi) is 7.99. The molecule has 1 saturated heterocycles. The van der Waals surface area contributed by atoms with E-state index >= 15 is 0 Å². The third-order valence-corrected chi connectivity index (χ3v) is 7.06. The van der Waals surface area contributed by atoms with Gasteiger partial charge in [0.2, 0.25) is 0 Å². The molecule has 0 bridgehead atoms. The van der Waals surface area contributed by atoms with Crippen molar-refractivity contribution in [1.82, 2.24) is 10.3 Å². The van der Waals surface area contributed by atoms with Crippen LogP contribution in [0, 0.1) is 0 Å². The molecule has 0 radical (unpaired) electrons. The van der Waals surface area contributed by atoms with Crippen molar-refractivity contribution < 1.29 is 24.5 Å². The lowest BCUT2D eigenvalue weighted by molar-refractivity contribution is 0.0696. The van der Waals surface area contributed by atoms with E-state index in [9.17, 15) is 15.0 Å². The number of hydrogen-bond acceptors (Lipinski definition) is 7. The minimum atomic E-state index is -0.992. The van der Waals surface area contributed by atoms with Crippen LogP contribution in [0.15, 0.2) is 60.9 Å². The van der Waals surface area contributed by atoms with Crippen molar-refractivity contribution in [2.24, 2.45) is 0 Å². The van der Waals surface area contributed by atoms with Crippen LogP contribution in [0.4, 0.5) is 5.69 Å². The van der Waals surface area contributed by atoms with Gasteiger partial charge in [-0.3, -0.25) is 4.98 Å². The molecular formula is C29H33N3O5. The summed E-state index contributed by atoms with van der Waals surface area (Å²) in [4.78, 5) is 15.8. The predicted molar refractivity (Wildman–Crippen MR) is 140 cm³/mol. The summed E-state index contributed by atoms with van der Waals surface area (Å²) < 4.78 is 11.6. The largest absolute Gasteiger partial charge is 0.478 e. The summed E-state index contributed by atoms with van der Waals surface area (Å²) in [5.41, 5.74) is 4.21. The average molecular weight is 504 g/mol. The zero-order valence-electron chi connectivity index (χ0n) is 20.7. The van der Waals surface area contributed by atoms with Crippen molar-refractivity contribution in [3.8, 4) is 11.5 Å². The van der Waals surface area contributed by atoms with Gasteiger partial charge in [-0.15, -0.1) is 0 Å². The lowest BCUT2D eigenvalue weighted by atomic mass is 9.88. The fraction of sp³-hybridized carbons (Fsp3) is 0.379. The molecule has 0 amide bonds. The molecule has 1 aromatic heterocycles. The van der Waals surface area contributed by atoms with Gasteiger partial charge in [0, 0.05) is 61.6 Å². The van der Waals surface area contributed by atoms with Gasteiger partial charge in [-0.25, -0.2) is 4.79 Å². The standard InChI is InChI=1S/C29H33N3O5/c33-28(20-2-1-9-30-17-20)18-31-24-5-3-19-4-6-26(14-21(19)12-24)37-27-15-22(29(34)35)13-25(16-27)32-23-7-10-36-11-8-23/h1-2,4,6,9,13-17,23-24,28,31-33H,3,5,7-8,10-12,18H2,(H,34,35)/t24-,28+/m0/s1. The van der Waals surface area contributed by atoms with Gasteiger partial charge in [-0.1, -0.05) is 12.1 Å². The fourth-order valence-corrected chi connectivity index (χ4v) is 5.02. The Morgan fingerprint density at radius 3 is 2.70 bits per heavy atom. The first-order chi connectivity index (χ1) is 18.0. The number of fused-ring (bicyclic) bond motifs is 1. The molecule has 8 heteroatoms. The maximum absolute atomic E-state index is 11.7. The Labute approximate surface area is 216 Å². The summed E-state index contributed by atoms with van der Waals surface area (Å²) in [5, 5.41) is 27.0. The first-order valence-corrected chi connectivity index (χ1v) is 12.9. The summed E-state index contributed by atoms with van der Waals surface area (Å²) in [5.74, 6) is 0.169. The van der Waals surface area contributed by atoms with Crippen molar-refractivity contribution in [1.29, 1.82) is 0 Å². The summed E-state index contributed by atoms with van der Waals surface area (Å²) in [6.07, 6.45) is 7.32. The molecule has 8 nitrogen and oxygen atoms in total. The number of carbonyl (C=O) groups is 1. The number of carboxylic acids is 1. The highest BCUT2D eigenvalue weighted by Crippen LogP contribution is 2.31. The van der Waals surface area contributed by atoms with Crippen LogP contribution in [0.5, 0.6) is 11.5 Å². The van der Waals surface area contributed by atoms with Crippen LogP contribution in [0.25, 0.3) is 0 Å². The number of ether oxygens (including phenoxy) is 2. The molecule has 2 aliphatic rings. The normalized spacial score (nSPS) is 18.6. The number of nitrogens with one attached hydrogen (secondary N) is 2. The Bertz CT molecular complexity index is 1210. The van der Waals surface area contributed by atoms with E-state index in [1.54, 1.807) is 24.5 Å². The monoisotopic (exact) mass is 503 g/mol. The van der Waals surface area contributed by atoms with Crippen molar-refractivity contribution in [2.45, 2.75) is 50.3 Å². The van der Waals surface area contributed by atoms with Gasteiger partial charge in [0.25, 0.3) is 0 Å². The third kappa shape index (κ3) is 6.65. The zero-order valence-corrected chi connectivity index (χ0v) is 20.7. The van der Waals surface area contributed by atoms with E-state index < -0.39 is 12.1 Å². The maximum atomic E-state index is 11.7. The number of hydrogen-bond donors (Lipinski definition) is 4. The van der Waals surface area contributed by atoms with E-state index in [1.807, 2.05) is 30.3 Å². The molecule has 194 valence electrons. The lowest BCUT2D eigenvalue weighted by Crippen LogP contribution is -2.37. The maximum Gasteiger partial charge on any atom is 0.335 e. The zero-order chi connectivity index (χ0) is 25.6. The Morgan fingerprint density at radius 2 is 1.92 bits per heavy atom. The molecular weight excluding hydrogens is 470 g/mol. The van der Waals surface area contributed by atoms with Crippen LogP contribution in [0.2, 0.25) is 0 Å². The van der Waals surface area contributed by atoms with Crippen LogP contribution in [-0.4, -0.2) is 53.0 Å². The van der Waals surface area contributed by atoms with E-state index in [2.05, 4.69) is 21.7 Å². The van der Waals surface area contributed by atoms with Crippen molar-refractivity contribution >= 4 is 11.7 Å². The molecule has 2 heterocycles. The van der Waals surface area contributed by atoms with Gasteiger partial charge in [-0.05, 0) is 73.6 Å². The highest BCUT2D eigenvalue weighted by molar-refractivity contribution is 5.89. The molecule has 1 aliphatic heterocycles. The molecule has 0 saturated carbocycles. The first kappa shape index (κ1) is 25.2. The number of anilines is 1. The highest BCUT2D eigenvalue weighted by atomic mass is 16.5. The highest BCUT2D eigenvalue weighted by Gasteiger charge is 2.21. The minimum Gasteiger partial charge on any atom is -0.478 e. The number of rotatable bonds is 9. The van der Waals surface area contributed by atoms with Crippen LogP contribution in [0.1, 0.15) is 52.4 Å². The van der Waals surface area contributed by atoms with Crippen LogP contribution < -0.4 is 15.4 Å². The number of aromatic nitrogens is 1. The molecule has 2 atom stereocenters. The van der Waals surface area contributed by atoms with Crippen LogP contribution >= 0.6 is 0 Å². The van der Waals surface area contributed by atoms with Crippen molar-refractivity contribution in [3.05, 3.63) is 83.2 Å². The number of aliphatic hydroxyl groups is 1. The quantitative estimate of drug-likeness (QED) is 0.341.